The van der Waals surface area contributed by atoms with Crippen molar-refractivity contribution in [2.75, 3.05) is 106 Å². The lowest BCUT2D eigenvalue weighted by atomic mass is 9.96. The van der Waals surface area contributed by atoms with Gasteiger partial charge in [-0.3, -0.25) is 4.79 Å². The second-order valence-electron chi connectivity index (χ2n) is 21.4. The van der Waals surface area contributed by atoms with E-state index >= 15 is 0 Å². The van der Waals surface area contributed by atoms with Crippen LogP contribution < -0.4 is 26.2 Å². The molecule has 0 unspecified atom stereocenters. The van der Waals surface area contributed by atoms with Gasteiger partial charge in [-0.05, 0) is 155 Å². The Morgan fingerprint density at radius 2 is 1.05 bits per heavy atom. The molecule has 4 fully saturated rings. The predicted molar refractivity (Wildman–Crippen MR) is 295 cm³/mol. The highest BCUT2D eigenvalue weighted by atomic mass is 16.5. The maximum Gasteiger partial charge on any atom is 0.354 e. The summed E-state index contributed by atoms with van der Waals surface area (Å²) in [7, 11) is 0. The van der Waals surface area contributed by atoms with E-state index in [1.807, 2.05) is 83.1 Å². The summed E-state index contributed by atoms with van der Waals surface area (Å²) >= 11 is 0. The van der Waals surface area contributed by atoms with Crippen LogP contribution in [0.2, 0.25) is 0 Å². The molecule has 7 N–H and O–H groups in total. The molecular formula is C57H81N9O9. The Morgan fingerprint density at radius 1 is 0.640 bits per heavy atom. The van der Waals surface area contributed by atoms with E-state index < -0.39 is 17.2 Å². The Bertz CT molecular complexity index is 2580. The normalized spacial score (nSPS) is 17.9. The summed E-state index contributed by atoms with van der Waals surface area (Å²) in [5, 5.41) is 34.5. The molecule has 4 aliphatic heterocycles. The van der Waals surface area contributed by atoms with Crippen molar-refractivity contribution in [2.45, 2.75) is 105 Å². The molecule has 4 aliphatic rings. The van der Waals surface area contributed by atoms with Gasteiger partial charge in [-0.2, -0.15) is 0 Å². The topological polar surface area (TPSA) is 236 Å². The van der Waals surface area contributed by atoms with E-state index in [0.29, 0.717) is 94.6 Å². The molecule has 4 amide bonds. The zero-order valence-electron chi connectivity index (χ0n) is 45.4. The van der Waals surface area contributed by atoms with E-state index in [1.165, 1.54) is 0 Å². The third kappa shape index (κ3) is 17.2. The average Bonchev–Trinajstić information content (AvgIpc) is 4.11. The number of aromatic carboxylic acids is 1. The number of rotatable bonds is 14. The number of likely N-dealkylation sites (tertiary alicyclic amines) is 2. The number of benzene rings is 2. The van der Waals surface area contributed by atoms with Crippen molar-refractivity contribution in [3.05, 3.63) is 83.2 Å². The number of aryl methyl sites for hydroxylation is 2. The first-order chi connectivity index (χ1) is 35.6. The summed E-state index contributed by atoms with van der Waals surface area (Å²) in [6.45, 7) is 23.7. The number of morpholine rings is 2. The third-order valence-electron chi connectivity index (χ3n) is 14.2. The number of Topliss-reactive ketones (excluding diaryl/α,β-unsaturated/α-hetero) is 1. The van der Waals surface area contributed by atoms with Crippen molar-refractivity contribution < 1.29 is 44.0 Å². The van der Waals surface area contributed by atoms with Gasteiger partial charge in [0, 0.05) is 76.7 Å². The number of carbonyl (C=O) groups excluding carboxylic acids is 3. The largest absolute Gasteiger partial charge is 0.477 e. The lowest BCUT2D eigenvalue weighted by Gasteiger charge is -2.28. The number of carboxylic acid groups (broad SMARTS) is 1. The van der Waals surface area contributed by atoms with E-state index in [-0.39, 0.29) is 30.0 Å². The van der Waals surface area contributed by atoms with Crippen molar-refractivity contribution >= 4 is 46.8 Å². The number of anilines is 4. The summed E-state index contributed by atoms with van der Waals surface area (Å²) in [5.74, 6) is 1.34. The molecule has 18 nitrogen and oxygen atoms in total. The molecule has 0 aliphatic carbocycles. The van der Waals surface area contributed by atoms with Crippen LogP contribution >= 0.6 is 0 Å². The second kappa shape index (κ2) is 26.5. The zero-order chi connectivity index (χ0) is 54.5. The highest BCUT2D eigenvalue weighted by Gasteiger charge is 2.28. The van der Waals surface area contributed by atoms with Crippen LogP contribution in [0, 0.1) is 25.7 Å². The van der Waals surface area contributed by atoms with E-state index in [2.05, 4.69) is 34.4 Å². The quantitative estimate of drug-likeness (QED) is 0.0651. The first kappa shape index (κ1) is 58.1. The molecule has 2 aromatic carbocycles. The Balaban J connectivity index is 0.000000222. The summed E-state index contributed by atoms with van der Waals surface area (Å²) < 4.78 is 10.9. The Morgan fingerprint density at radius 3 is 1.43 bits per heavy atom. The van der Waals surface area contributed by atoms with Gasteiger partial charge in [-0.15, -0.1) is 0 Å². The molecule has 2 atom stereocenters. The molecule has 0 radical (unpaired) electrons. The minimum atomic E-state index is -1.07. The predicted octanol–water partition coefficient (Wildman–Crippen LogP) is 8.46. The van der Waals surface area contributed by atoms with Crippen LogP contribution in [-0.4, -0.2) is 155 Å². The highest BCUT2D eigenvalue weighted by Crippen LogP contribution is 2.33. The van der Waals surface area contributed by atoms with Gasteiger partial charge < -0.3 is 60.8 Å². The summed E-state index contributed by atoms with van der Waals surface area (Å²) in [6.07, 6.45) is 4.84. The number of carboxylic acids is 1. The molecule has 75 heavy (non-hydrogen) atoms. The van der Waals surface area contributed by atoms with Crippen LogP contribution in [0.1, 0.15) is 112 Å². The lowest BCUT2D eigenvalue weighted by molar-refractivity contribution is 0.0631. The smallest absolute Gasteiger partial charge is 0.354 e. The number of nitrogens with two attached hydrogens (primary N) is 1. The monoisotopic (exact) mass is 1040 g/mol. The standard InChI is InChI=1S/C29H40N4O4.C24H30N4O4.C4H11NO/c1-5-21-9-11-33(19-21)28(35)30-23-7-6-20(2)24(18-23)22-16-25(26(34)8-10-29(3,4)36)31-27(17-22)32-12-14-37-15-13-32;1-3-17-6-7-28(15-17)24(31)25-19-5-4-16(2)20(14-19)18-12-21(23(29)30)26-22(13-18)27-8-10-32-11-9-27;1-4(2,6)3-5/h6-7,16-18,21,36H,5,8-15,19H2,1-4H3,(H,30,35);4-5,12-14,17H,3,6-11,15H2,1-2H3,(H,25,31)(H,29,30);6H,3,5H2,1-2H3/t21-;17-;/m11./s1. The number of hydrogen-bond acceptors (Lipinski definition) is 13. The van der Waals surface area contributed by atoms with Gasteiger partial charge in [0.15, 0.2) is 11.5 Å². The van der Waals surface area contributed by atoms with Gasteiger partial charge in [0.2, 0.25) is 0 Å². The van der Waals surface area contributed by atoms with Gasteiger partial charge in [0.25, 0.3) is 0 Å². The molecule has 4 aromatic rings. The third-order valence-corrected chi connectivity index (χ3v) is 14.2. The molecule has 0 bridgehead atoms. The van der Waals surface area contributed by atoms with Crippen LogP contribution in [0.5, 0.6) is 0 Å². The number of ether oxygens (including phenoxy) is 2. The second-order valence-corrected chi connectivity index (χ2v) is 21.4. The molecule has 0 saturated carbocycles. The fourth-order valence-electron chi connectivity index (χ4n) is 9.18. The Hall–Kier alpha value is -6.18. The zero-order valence-corrected chi connectivity index (χ0v) is 45.4. The SMILES string of the molecule is CC(C)(O)CN.CC[C@@H]1CCN(C(=O)Nc2ccc(C)c(-c3cc(C(=O)CCC(C)(C)O)nc(N4CCOCC4)c3)c2)C1.CC[C@@H]1CCN(C(=O)Nc2ccc(C)c(-c3cc(C(=O)O)nc(N4CCOCC4)c3)c2)C1. The average molecular weight is 1040 g/mol. The van der Waals surface area contributed by atoms with Crippen molar-refractivity contribution in [3.8, 4) is 22.3 Å². The van der Waals surface area contributed by atoms with Crippen molar-refractivity contribution in [2.24, 2.45) is 17.6 Å². The summed E-state index contributed by atoms with van der Waals surface area (Å²) in [4.78, 5) is 67.5. The number of ketones is 1. The molecule has 2 aromatic heterocycles. The first-order valence-electron chi connectivity index (χ1n) is 26.6. The van der Waals surface area contributed by atoms with E-state index in [9.17, 15) is 29.4 Å². The van der Waals surface area contributed by atoms with Crippen LogP contribution in [0.25, 0.3) is 22.3 Å². The molecule has 0 spiro atoms. The minimum Gasteiger partial charge on any atom is -0.477 e. The summed E-state index contributed by atoms with van der Waals surface area (Å²) in [5.41, 5.74) is 10.8. The van der Waals surface area contributed by atoms with Crippen molar-refractivity contribution in [1.29, 1.82) is 0 Å². The molecule has 8 rings (SSSR count). The number of nitrogens with one attached hydrogen (secondary N) is 2. The van der Waals surface area contributed by atoms with Gasteiger partial charge in [-0.1, -0.05) is 38.8 Å². The van der Waals surface area contributed by atoms with Crippen LogP contribution in [0.15, 0.2) is 60.7 Å². The Kier molecular flexibility index (Phi) is 20.6. The number of hydrogen-bond donors (Lipinski definition) is 6. The lowest BCUT2D eigenvalue weighted by Crippen LogP contribution is -2.37. The van der Waals surface area contributed by atoms with Crippen molar-refractivity contribution in [3.63, 3.8) is 0 Å². The number of carbonyl (C=O) groups is 4. The number of nitrogens with zero attached hydrogens (tertiary/aromatic N) is 6. The van der Waals surface area contributed by atoms with Gasteiger partial charge in [-0.25, -0.2) is 24.4 Å². The molecule has 18 heteroatoms. The number of aromatic nitrogens is 2. The fourth-order valence-corrected chi connectivity index (χ4v) is 9.18. The van der Waals surface area contributed by atoms with E-state index in [4.69, 9.17) is 25.3 Å². The van der Waals surface area contributed by atoms with E-state index in [0.717, 1.165) is 96.7 Å². The molecule has 408 valence electrons. The summed E-state index contributed by atoms with van der Waals surface area (Å²) in [6, 6.07) is 18.8. The molecule has 6 heterocycles. The van der Waals surface area contributed by atoms with Gasteiger partial charge in [0.05, 0.1) is 37.6 Å². The minimum absolute atomic E-state index is 0.000467. The molecule has 4 saturated heterocycles. The molecular weight excluding hydrogens is 955 g/mol. The highest BCUT2D eigenvalue weighted by molar-refractivity contribution is 5.97. The number of pyridine rings is 2. The maximum absolute atomic E-state index is 13.1. The van der Waals surface area contributed by atoms with E-state index in [1.54, 1.807) is 33.8 Å². The Labute approximate surface area is 443 Å². The first-order valence-corrected chi connectivity index (χ1v) is 26.6. The number of amides is 4. The van der Waals surface area contributed by atoms with Crippen LogP contribution in [-0.2, 0) is 9.47 Å². The van der Waals surface area contributed by atoms with Crippen molar-refractivity contribution in [1.82, 2.24) is 19.8 Å². The van der Waals surface area contributed by atoms with Gasteiger partial charge >= 0.3 is 18.0 Å². The van der Waals surface area contributed by atoms with Gasteiger partial charge in [0.1, 0.15) is 17.3 Å². The number of urea groups is 2. The fraction of sp³-hybridized carbons (Fsp3) is 0.544. The maximum atomic E-state index is 13.1. The van der Waals surface area contributed by atoms with Crippen LogP contribution in [0.4, 0.5) is 32.6 Å². The number of aliphatic hydroxyl groups is 2. The van der Waals surface area contributed by atoms with Crippen LogP contribution in [0.3, 0.4) is 0 Å².